The lowest BCUT2D eigenvalue weighted by Crippen LogP contribution is -2.40. The highest BCUT2D eigenvalue weighted by Crippen LogP contribution is 2.34. The van der Waals surface area contributed by atoms with Gasteiger partial charge < -0.3 is 15.3 Å². The lowest BCUT2D eigenvalue weighted by molar-refractivity contribution is -0.144. The maximum absolute atomic E-state index is 13.8. The Kier molecular flexibility index (Phi) is 6.26. The van der Waals surface area contributed by atoms with Crippen LogP contribution in [0.1, 0.15) is 20.3 Å². The second-order valence-corrected chi connectivity index (χ2v) is 3.89. The summed E-state index contributed by atoms with van der Waals surface area (Å²) < 4.78 is 13.8. The van der Waals surface area contributed by atoms with Gasteiger partial charge in [-0.05, 0) is 19.4 Å². The Balaban J connectivity index is 0.000000631. The van der Waals surface area contributed by atoms with Crippen molar-refractivity contribution in [3.63, 3.8) is 0 Å². The van der Waals surface area contributed by atoms with Gasteiger partial charge in [0.1, 0.15) is 5.92 Å². The number of aliphatic hydroxyl groups excluding tert-OH is 1. The molecule has 0 saturated heterocycles. The largest absolute Gasteiger partial charge is 0.481 e. The van der Waals surface area contributed by atoms with E-state index in [4.69, 9.17) is 15.3 Å². The van der Waals surface area contributed by atoms with Crippen LogP contribution in [0.4, 0.5) is 4.39 Å². The Labute approximate surface area is 104 Å². The maximum Gasteiger partial charge on any atom is 0.334 e. The molecule has 0 aliphatic heterocycles. The van der Waals surface area contributed by atoms with Crippen LogP contribution in [0.25, 0.3) is 0 Å². The highest BCUT2D eigenvalue weighted by atomic mass is 19.1. The zero-order chi connectivity index (χ0) is 14.3. The van der Waals surface area contributed by atoms with E-state index < -0.39 is 29.1 Å². The summed E-state index contributed by atoms with van der Waals surface area (Å²) in [6.45, 7) is 3.20. The van der Waals surface area contributed by atoms with Gasteiger partial charge in [-0.2, -0.15) is 0 Å². The van der Waals surface area contributed by atoms with Crippen LogP contribution in [0.3, 0.4) is 0 Å². The first kappa shape index (κ1) is 16.3. The Morgan fingerprint density at radius 1 is 1.44 bits per heavy atom. The van der Waals surface area contributed by atoms with Gasteiger partial charge in [-0.3, -0.25) is 4.79 Å². The van der Waals surface area contributed by atoms with Crippen LogP contribution in [0.15, 0.2) is 23.8 Å². The summed E-state index contributed by atoms with van der Waals surface area (Å²) >= 11 is 0. The van der Waals surface area contributed by atoms with Gasteiger partial charge in [0.05, 0.1) is 5.57 Å². The molecule has 0 spiro atoms. The average Bonchev–Trinajstić information content (AvgIpc) is 2.27. The van der Waals surface area contributed by atoms with Crippen LogP contribution < -0.4 is 0 Å². The highest BCUT2D eigenvalue weighted by Gasteiger charge is 2.45. The molecule has 0 radical (unpaired) electrons. The van der Waals surface area contributed by atoms with E-state index in [2.05, 4.69) is 0 Å². The fraction of sp³-hybridized carbons (Fsp3) is 0.500. The molecule has 0 bridgehead atoms. The highest BCUT2D eigenvalue weighted by molar-refractivity contribution is 5.92. The van der Waals surface area contributed by atoms with E-state index in [0.717, 1.165) is 25.5 Å². The molecule has 1 aliphatic carbocycles. The zero-order valence-electron chi connectivity index (χ0n) is 10.3. The molecule has 1 rings (SSSR count). The van der Waals surface area contributed by atoms with E-state index in [9.17, 15) is 14.0 Å². The van der Waals surface area contributed by atoms with Crippen molar-refractivity contribution < 1.29 is 29.3 Å². The van der Waals surface area contributed by atoms with E-state index in [0.29, 0.717) is 6.61 Å². The summed E-state index contributed by atoms with van der Waals surface area (Å²) in [5, 5.41) is 25.2. The predicted octanol–water partition coefficient (Wildman–Crippen LogP) is 1.38. The average molecular weight is 260 g/mol. The zero-order valence-corrected chi connectivity index (χ0v) is 10.3. The van der Waals surface area contributed by atoms with Crippen LogP contribution in [0.5, 0.6) is 0 Å². The van der Waals surface area contributed by atoms with E-state index in [1.807, 2.05) is 6.92 Å². The Bertz CT molecular complexity index is 369. The summed E-state index contributed by atoms with van der Waals surface area (Å²) in [5.41, 5.74) is -2.90. The summed E-state index contributed by atoms with van der Waals surface area (Å²) in [7, 11) is 0. The van der Waals surface area contributed by atoms with Crippen molar-refractivity contribution in [1.29, 1.82) is 0 Å². The van der Waals surface area contributed by atoms with Crippen LogP contribution >= 0.6 is 0 Å². The number of alkyl halides is 1. The Morgan fingerprint density at radius 2 is 1.94 bits per heavy atom. The van der Waals surface area contributed by atoms with Gasteiger partial charge in [0.2, 0.25) is 0 Å². The van der Waals surface area contributed by atoms with Crippen molar-refractivity contribution in [2.45, 2.75) is 25.9 Å². The fourth-order valence-electron chi connectivity index (χ4n) is 1.37. The molecule has 6 heteroatoms. The van der Waals surface area contributed by atoms with Crippen molar-refractivity contribution in [2.24, 2.45) is 5.92 Å². The number of rotatable bonds is 3. The van der Waals surface area contributed by atoms with Gasteiger partial charge in [0.15, 0.2) is 5.67 Å². The minimum Gasteiger partial charge on any atom is -0.481 e. The second-order valence-electron chi connectivity index (χ2n) is 3.89. The molecule has 5 nitrogen and oxygen atoms in total. The number of halogens is 1. The standard InChI is InChI=1S/C9H9FO4.C3H8O/c1-9(10)5(7(11)12)3-2-4-6(9)8(13)14;1-2-3-4/h2-5H,1H3,(H,11,12)(H,13,14);4H,2-3H2,1H3. The van der Waals surface area contributed by atoms with Crippen molar-refractivity contribution in [2.75, 3.05) is 6.61 Å². The number of hydrogen-bond donors (Lipinski definition) is 3. The summed E-state index contributed by atoms with van der Waals surface area (Å²) in [6, 6.07) is 0. The molecule has 1 aliphatic rings. The smallest absolute Gasteiger partial charge is 0.334 e. The first-order chi connectivity index (χ1) is 8.28. The normalized spacial score (nSPS) is 25.8. The number of allylic oxidation sites excluding steroid dienone is 2. The molecule has 102 valence electrons. The van der Waals surface area contributed by atoms with E-state index in [1.165, 1.54) is 6.08 Å². The topological polar surface area (TPSA) is 94.8 Å². The van der Waals surface area contributed by atoms with Crippen molar-refractivity contribution >= 4 is 11.9 Å². The van der Waals surface area contributed by atoms with Gasteiger partial charge in [-0.1, -0.05) is 19.1 Å². The third-order valence-corrected chi connectivity index (χ3v) is 2.40. The molecule has 0 heterocycles. The SMILES string of the molecule is CC1(F)C(C(=O)O)=CC=CC1C(=O)O.CCCO. The molecule has 0 saturated carbocycles. The number of aliphatic hydroxyl groups is 1. The number of carboxylic acid groups (broad SMARTS) is 2. The quantitative estimate of drug-likeness (QED) is 0.712. The number of aliphatic carboxylic acids is 2. The Hall–Kier alpha value is -1.69. The number of carbonyl (C=O) groups is 2. The minimum absolute atomic E-state index is 0.319. The van der Waals surface area contributed by atoms with Gasteiger partial charge in [-0.25, -0.2) is 9.18 Å². The van der Waals surface area contributed by atoms with Crippen molar-refractivity contribution in [1.82, 2.24) is 0 Å². The van der Waals surface area contributed by atoms with Gasteiger partial charge in [0.25, 0.3) is 0 Å². The first-order valence-electron chi connectivity index (χ1n) is 5.43. The van der Waals surface area contributed by atoms with Crippen LogP contribution in [0, 0.1) is 5.92 Å². The van der Waals surface area contributed by atoms with Gasteiger partial charge in [-0.15, -0.1) is 0 Å². The summed E-state index contributed by atoms with van der Waals surface area (Å²) in [4.78, 5) is 21.2. The molecule has 3 N–H and O–H groups in total. The molecule has 0 amide bonds. The van der Waals surface area contributed by atoms with Crippen LogP contribution in [-0.2, 0) is 9.59 Å². The van der Waals surface area contributed by atoms with Crippen molar-refractivity contribution in [3.05, 3.63) is 23.8 Å². The van der Waals surface area contributed by atoms with Gasteiger partial charge in [0, 0.05) is 6.61 Å². The monoisotopic (exact) mass is 260 g/mol. The predicted molar refractivity (Wildman–Crippen MR) is 62.9 cm³/mol. The molecule has 0 fully saturated rings. The molecular formula is C12H17FO5. The summed E-state index contributed by atoms with van der Waals surface area (Å²) in [5.74, 6) is -4.26. The third-order valence-electron chi connectivity index (χ3n) is 2.40. The Morgan fingerprint density at radius 3 is 2.28 bits per heavy atom. The van der Waals surface area contributed by atoms with Crippen molar-refractivity contribution in [3.8, 4) is 0 Å². The second kappa shape index (κ2) is 6.90. The molecule has 0 aromatic carbocycles. The number of carboxylic acids is 2. The summed E-state index contributed by atoms with van der Waals surface area (Å²) in [6.07, 6.45) is 4.32. The van der Waals surface area contributed by atoms with E-state index >= 15 is 0 Å². The minimum atomic E-state index is -2.37. The lowest BCUT2D eigenvalue weighted by atomic mass is 9.80. The number of hydrogen-bond acceptors (Lipinski definition) is 3. The molecule has 2 atom stereocenters. The van der Waals surface area contributed by atoms with Gasteiger partial charge >= 0.3 is 11.9 Å². The molecule has 0 aromatic heterocycles. The molecule has 2 unspecified atom stereocenters. The first-order valence-corrected chi connectivity index (χ1v) is 5.43. The molecule has 0 aromatic rings. The van der Waals surface area contributed by atoms with E-state index in [-0.39, 0.29) is 0 Å². The third kappa shape index (κ3) is 3.96. The maximum atomic E-state index is 13.8. The van der Waals surface area contributed by atoms with E-state index in [1.54, 1.807) is 0 Å². The van der Waals surface area contributed by atoms with Crippen LogP contribution in [-0.4, -0.2) is 39.5 Å². The van der Waals surface area contributed by atoms with Crippen LogP contribution in [0.2, 0.25) is 0 Å². The molecule has 18 heavy (non-hydrogen) atoms. The lowest BCUT2D eigenvalue weighted by Gasteiger charge is -2.27. The molecular weight excluding hydrogens is 243 g/mol. The fourth-order valence-corrected chi connectivity index (χ4v) is 1.37.